The molecule has 0 aliphatic heterocycles. The number of rotatable bonds is 5. The molecule has 3 amide bonds. The number of carbonyl (C=O) groups is 2. The Kier molecular flexibility index (Phi) is 6.03. The van der Waals surface area contributed by atoms with Crippen LogP contribution in [0.2, 0.25) is 5.02 Å². The van der Waals surface area contributed by atoms with E-state index >= 15 is 0 Å². The molecule has 0 bridgehead atoms. The number of urea groups is 1. The second kappa shape index (κ2) is 8.64. The number of ether oxygens (including phenoxy) is 2. The van der Waals surface area contributed by atoms with Gasteiger partial charge in [0.25, 0.3) is 5.91 Å². The SMILES string of the molecule is COc1ccc(Cl)cc1NC(=O)NNC(=O)COc1ccc2c(c1)CCC2. The number of hydrogen-bond acceptors (Lipinski definition) is 4. The monoisotopic (exact) mass is 389 g/mol. The predicted octanol–water partition coefficient (Wildman–Crippen LogP) is 3.07. The molecule has 0 saturated carbocycles. The molecule has 3 rings (SSSR count). The van der Waals surface area contributed by atoms with Crippen LogP contribution in [0, 0.1) is 0 Å². The van der Waals surface area contributed by atoms with Crippen molar-refractivity contribution in [2.24, 2.45) is 0 Å². The van der Waals surface area contributed by atoms with Gasteiger partial charge in [-0.05, 0) is 60.7 Å². The van der Waals surface area contributed by atoms with Gasteiger partial charge in [-0.3, -0.25) is 10.2 Å². The van der Waals surface area contributed by atoms with E-state index in [9.17, 15) is 9.59 Å². The molecule has 1 aliphatic rings. The van der Waals surface area contributed by atoms with Crippen LogP contribution in [0.5, 0.6) is 11.5 Å². The second-order valence-corrected chi connectivity index (χ2v) is 6.48. The molecule has 0 radical (unpaired) electrons. The van der Waals surface area contributed by atoms with Crippen molar-refractivity contribution in [3.05, 3.63) is 52.5 Å². The summed E-state index contributed by atoms with van der Waals surface area (Å²) in [6.45, 7) is -0.209. The van der Waals surface area contributed by atoms with E-state index in [1.807, 2.05) is 18.2 Å². The van der Waals surface area contributed by atoms with Crippen molar-refractivity contribution in [1.29, 1.82) is 0 Å². The first-order valence-electron chi connectivity index (χ1n) is 8.49. The van der Waals surface area contributed by atoms with Crippen LogP contribution in [-0.4, -0.2) is 25.7 Å². The van der Waals surface area contributed by atoms with E-state index in [-0.39, 0.29) is 6.61 Å². The number of halogens is 1. The normalized spacial score (nSPS) is 12.1. The van der Waals surface area contributed by atoms with Crippen molar-refractivity contribution in [2.75, 3.05) is 19.0 Å². The maximum atomic E-state index is 11.9. The summed E-state index contributed by atoms with van der Waals surface area (Å²) in [7, 11) is 1.48. The van der Waals surface area contributed by atoms with Crippen molar-refractivity contribution in [3.63, 3.8) is 0 Å². The van der Waals surface area contributed by atoms with Crippen LogP contribution in [0.3, 0.4) is 0 Å². The number of amides is 3. The van der Waals surface area contributed by atoms with Crippen LogP contribution >= 0.6 is 11.6 Å². The van der Waals surface area contributed by atoms with Gasteiger partial charge in [-0.1, -0.05) is 17.7 Å². The third-order valence-electron chi connectivity index (χ3n) is 4.17. The minimum absolute atomic E-state index is 0.209. The number of nitrogens with one attached hydrogen (secondary N) is 3. The molecule has 0 spiro atoms. The third-order valence-corrected chi connectivity index (χ3v) is 4.40. The Morgan fingerprint density at radius 2 is 1.89 bits per heavy atom. The number of benzene rings is 2. The zero-order chi connectivity index (χ0) is 19.2. The summed E-state index contributed by atoms with van der Waals surface area (Å²) in [5.74, 6) is 0.600. The molecular formula is C19H20ClN3O4. The van der Waals surface area contributed by atoms with Gasteiger partial charge in [0.15, 0.2) is 6.61 Å². The average Bonchev–Trinajstić information content (AvgIpc) is 3.12. The van der Waals surface area contributed by atoms with Crippen molar-refractivity contribution in [1.82, 2.24) is 10.9 Å². The van der Waals surface area contributed by atoms with Gasteiger partial charge < -0.3 is 14.8 Å². The second-order valence-electron chi connectivity index (χ2n) is 6.04. The largest absolute Gasteiger partial charge is 0.495 e. The fourth-order valence-corrected chi connectivity index (χ4v) is 3.05. The van der Waals surface area contributed by atoms with Crippen LogP contribution in [0.15, 0.2) is 36.4 Å². The quantitative estimate of drug-likeness (QED) is 0.686. The molecule has 2 aromatic rings. The molecule has 2 aromatic carbocycles. The number of hydrogen-bond donors (Lipinski definition) is 3. The number of anilines is 1. The van der Waals surface area contributed by atoms with Gasteiger partial charge >= 0.3 is 6.03 Å². The molecule has 0 fully saturated rings. The minimum atomic E-state index is -0.638. The minimum Gasteiger partial charge on any atom is -0.495 e. The molecular weight excluding hydrogens is 370 g/mol. The van der Waals surface area contributed by atoms with Crippen LogP contribution in [0.4, 0.5) is 10.5 Å². The molecule has 0 atom stereocenters. The summed E-state index contributed by atoms with van der Waals surface area (Å²) < 4.78 is 10.6. The van der Waals surface area contributed by atoms with Gasteiger partial charge in [0.2, 0.25) is 0 Å². The van der Waals surface area contributed by atoms with Crippen molar-refractivity contribution in [3.8, 4) is 11.5 Å². The lowest BCUT2D eigenvalue weighted by molar-refractivity contribution is -0.123. The lowest BCUT2D eigenvalue weighted by Crippen LogP contribution is -2.45. The topological polar surface area (TPSA) is 88.7 Å². The van der Waals surface area contributed by atoms with Crippen LogP contribution < -0.4 is 25.6 Å². The van der Waals surface area contributed by atoms with E-state index in [1.165, 1.54) is 18.2 Å². The third kappa shape index (κ3) is 5.04. The fourth-order valence-electron chi connectivity index (χ4n) is 2.88. The van der Waals surface area contributed by atoms with E-state index in [1.54, 1.807) is 18.2 Å². The van der Waals surface area contributed by atoms with E-state index in [2.05, 4.69) is 16.2 Å². The standard InChI is InChI=1S/C19H20ClN3O4/c1-26-17-8-6-14(20)10-16(17)21-19(25)23-22-18(24)11-27-15-7-5-12-3-2-4-13(12)9-15/h5-10H,2-4,11H2,1H3,(H,22,24)(H2,21,23,25). The highest BCUT2D eigenvalue weighted by Crippen LogP contribution is 2.27. The predicted molar refractivity (Wildman–Crippen MR) is 102 cm³/mol. The smallest absolute Gasteiger partial charge is 0.338 e. The summed E-state index contributed by atoms with van der Waals surface area (Å²) in [6.07, 6.45) is 3.27. The van der Waals surface area contributed by atoms with Crippen molar-refractivity contribution >= 4 is 29.2 Å². The molecule has 27 heavy (non-hydrogen) atoms. The Labute approximate surface area is 162 Å². The van der Waals surface area contributed by atoms with Crippen molar-refractivity contribution in [2.45, 2.75) is 19.3 Å². The zero-order valence-electron chi connectivity index (χ0n) is 14.8. The van der Waals surface area contributed by atoms with Gasteiger partial charge in [-0.15, -0.1) is 0 Å². The molecule has 8 heteroatoms. The number of fused-ring (bicyclic) bond motifs is 1. The van der Waals surface area contributed by atoms with Crippen molar-refractivity contribution < 1.29 is 19.1 Å². The summed E-state index contributed by atoms with van der Waals surface area (Å²) in [5.41, 5.74) is 7.51. The maximum Gasteiger partial charge on any atom is 0.338 e. The average molecular weight is 390 g/mol. The Balaban J connectivity index is 1.45. The fraction of sp³-hybridized carbons (Fsp3) is 0.263. The first-order chi connectivity index (χ1) is 13.0. The zero-order valence-corrected chi connectivity index (χ0v) is 15.6. The van der Waals surface area contributed by atoms with E-state index in [0.717, 1.165) is 19.3 Å². The van der Waals surface area contributed by atoms with Crippen LogP contribution in [0.1, 0.15) is 17.5 Å². The Bertz CT molecular complexity index is 857. The molecule has 3 N–H and O–H groups in total. The van der Waals surface area contributed by atoms with E-state index in [0.29, 0.717) is 22.2 Å². The molecule has 0 aromatic heterocycles. The van der Waals surface area contributed by atoms with E-state index < -0.39 is 11.9 Å². The maximum absolute atomic E-state index is 11.9. The van der Waals surface area contributed by atoms with Crippen LogP contribution in [0.25, 0.3) is 0 Å². The molecule has 142 valence electrons. The van der Waals surface area contributed by atoms with Crippen LogP contribution in [-0.2, 0) is 17.6 Å². The highest BCUT2D eigenvalue weighted by atomic mass is 35.5. The lowest BCUT2D eigenvalue weighted by atomic mass is 10.1. The lowest BCUT2D eigenvalue weighted by Gasteiger charge is -2.12. The Morgan fingerprint density at radius 1 is 1.07 bits per heavy atom. The highest BCUT2D eigenvalue weighted by Gasteiger charge is 2.12. The Hall–Kier alpha value is -2.93. The number of methoxy groups -OCH3 is 1. The molecule has 7 nitrogen and oxygen atoms in total. The van der Waals surface area contributed by atoms with Gasteiger partial charge in [0.1, 0.15) is 11.5 Å². The van der Waals surface area contributed by atoms with Gasteiger partial charge in [0, 0.05) is 5.02 Å². The summed E-state index contributed by atoms with van der Waals surface area (Å²) in [5, 5.41) is 2.99. The molecule has 0 saturated heterocycles. The summed E-state index contributed by atoms with van der Waals surface area (Å²) in [6, 6.07) is 10.0. The molecule has 1 aliphatic carbocycles. The molecule has 0 heterocycles. The molecule has 0 unspecified atom stereocenters. The van der Waals surface area contributed by atoms with Gasteiger partial charge in [0.05, 0.1) is 12.8 Å². The highest BCUT2D eigenvalue weighted by molar-refractivity contribution is 6.31. The summed E-state index contributed by atoms with van der Waals surface area (Å²) in [4.78, 5) is 23.8. The summed E-state index contributed by atoms with van der Waals surface area (Å²) >= 11 is 5.91. The van der Waals surface area contributed by atoms with Gasteiger partial charge in [-0.25, -0.2) is 10.2 Å². The van der Waals surface area contributed by atoms with Gasteiger partial charge in [-0.2, -0.15) is 0 Å². The van der Waals surface area contributed by atoms with E-state index in [4.69, 9.17) is 21.1 Å². The number of carbonyl (C=O) groups excluding carboxylic acids is 2. The first-order valence-corrected chi connectivity index (χ1v) is 8.87. The number of aryl methyl sites for hydroxylation is 2. The Morgan fingerprint density at radius 3 is 2.70 bits per heavy atom. The number of hydrazine groups is 1. The first kappa shape index (κ1) is 18.8.